The van der Waals surface area contributed by atoms with E-state index in [1.807, 2.05) is 0 Å². The highest BCUT2D eigenvalue weighted by Crippen LogP contribution is 2.36. The zero-order valence-corrected chi connectivity index (χ0v) is 8.50. The monoisotopic (exact) mass is 248 g/mol. The maximum Gasteiger partial charge on any atom is 0.418 e. The predicted octanol–water partition coefficient (Wildman–Crippen LogP) is 2.41. The molecule has 4 nitrogen and oxygen atoms in total. The molecule has 0 unspecified atom stereocenters. The predicted molar refractivity (Wildman–Crippen MR) is 50.1 cm³/mol. The number of rotatable bonds is 2. The molecule has 0 amide bonds. The molecule has 0 aliphatic rings. The Morgan fingerprint density at radius 3 is 2.00 bits per heavy atom. The first-order chi connectivity index (χ1) is 7.66. The molecule has 0 spiro atoms. The highest BCUT2D eigenvalue weighted by Gasteiger charge is 2.40. The van der Waals surface area contributed by atoms with Gasteiger partial charge in [0.15, 0.2) is 0 Å². The molecule has 2 N–H and O–H groups in total. The van der Waals surface area contributed by atoms with E-state index in [1.165, 1.54) is 6.92 Å². The van der Waals surface area contributed by atoms with E-state index < -0.39 is 34.8 Å². The minimum absolute atomic E-state index is 0.144. The smallest absolute Gasteiger partial charge is 0.418 e. The number of hydrogen-bond donors (Lipinski definition) is 2. The third kappa shape index (κ3) is 2.38. The molecule has 0 atom stereocenters. The van der Waals surface area contributed by atoms with Gasteiger partial charge in [0.2, 0.25) is 0 Å². The number of carboxylic acid groups (broad SMARTS) is 2. The van der Waals surface area contributed by atoms with Crippen molar-refractivity contribution in [2.75, 3.05) is 0 Å². The van der Waals surface area contributed by atoms with Crippen molar-refractivity contribution in [3.8, 4) is 0 Å². The zero-order chi connectivity index (χ0) is 13.4. The highest BCUT2D eigenvalue weighted by atomic mass is 19.4. The Kier molecular flexibility index (Phi) is 3.12. The van der Waals surface area contributed by atoms with Crippen molar-refractivity contribution in [1.82, 2.24) is 0 Å². The number of aromatic carboxylic acids is 2. The molecule has 0 saturated heterocycles. The van der Waals surface area contributed by atoms with Crippen LogP contribution >= 0.6 is 0 Å². The molecule has 1 rings (SSSR count). The van der Waals surface area contributed by atoms with E-state index in [0.29, 0.717) is 0 Å². The van der Waals surface area contributed by atoms with Crippen LogP contribution in [-0.4, -0.2) is 22.2 Å². The zero-order valence-electron chi connectivity index (χ0n) is 8.50. The van der Waals surface area contributed by atoms with Gasteiger partial charge in [0.1, 0.15) is 0 Å². The molecule has 0 aliphatic carbocycles. The lowest BCUT2D eigenvalue weighted by Gasteiger charge is -2.14. The third-order valence-electron chi connectivity index (χ3n) is 2.14. The van der Waals surface area contributed by atoms with Gasteiger partial charge in [0.25, 0.3) is 0 Å². The Bertz CT molecular complexity index is 491. The summed E-state index contributed by atoms with van der Waals surface area (Å²) < 4.78 is 38.0. The second-order valence-electron chi connectivity index (χ2n) is 3.29. The number of carboxylic acids is 2. The Hall–Kier alpha value is -2.05. The first kappa shape index (κ1) is 13.0. The number of halogens is 3. The van der Waals surface area contributed by atoms with E-state index in [1.54, 1.807) is 0 Å². The van der Waals surface area contributed by atoms with E-state index in [4.69, 9.17) is 10.2 Å². The fourth-order valence-electron chi connectivity index (χ4n) is 1.46. The van der Waals surface area contributed by atoms with Crippen molar-refractivity contribution in [2.45, 2.75) is 13.1 Å². The highest BCUT2D eigenvalue weighted by molar-refractivity contribution is 5.98. The molecule has 92 valence electrons. The number of benzene rings is 1. The summed E-state index contributed by atoms with van der Waals surface area (Å²) in [5, 5.41) is 17.4. The lowest BCUT2D eigenvalue weighted by molar-refractivity contribution is -0.138. The van der Waals surface area contributed by atoms with Gasteiger partial charge in [0, 0.05) is 0 Å². The summed E-state index contributed by atoms with van der Waals surface area (Å²) in [7, 11) is 0. The fourth-order valence-corrected chi connectivity index (χ4v) is 1.46. The summed E-state index contributed by atoms with van der Waals surface area (Å²) in [6, 6.07) is 1.77. The van der Waals surface area contributed by atoms with Gasteiger partial charge in [0.05, 0.1) is 16.7 Å². The normalized spacial score (nSPS) is 11.3. The summed E-state index contributed by atoms with van der Waals surface area (Å²) in [4.78, 5) is 21.4. The van der Waals surface area contributed by atoms with Gasteiger partial charge in [-0.1, -0.05) is 6.07 Å². The van der Waals surface area contributed by atoms with Crippen molar-refractivity contribution in [1.29, 1.82) is 0 Å². The maximum atomic E-state index is 12.7. The molecular formula is C10H7F3O4. The van der Waals surface area contributed by atoms with Crippen LogP contribution in [0.3, 0.4) is 0 Å². The molecular weight excluding hydrogens is 241 g/mol. The Labute approximate surface area is 93.3 Å². The van der Waals surface area contributed by atoms with Crippen LogP contribution in [0.4, 0.5) is 13.2 Å². The van der Waals surface area contributed by atoms with E-state index in [0.717, 1.165) is 12.1 Å². The van der Waals surface area contributed by atoms with Crippen molar-refractivity contribution in [3.63, 3.8) is 0 Å². The number of alkyl halides is 3. The Morgan fingerprint density at radius 1 is 1.12 bits per heavy atom. The molecule has 0 radical (unpaired) electrons. The first-order valence-corrected chi connectivity index (χ1v) is 4.33. The molecule has 7 heteroatoms. The average molecular weight is 248 g/mol. The van der Waals surface area contributed by atoms with Crippen LogP contribution in [0.25, 0.3) is 0 Å². The van der Waals surface area contributed by atoms with E-state index in [9.17, 15) is 22.8 Å². The summed E-state index contributed by atoms with van der Waals surface area (Å²) in [6.45, 7) is 1.17. The van der Waals surface area contributed by atoms with Crippen molar-refractivity contribution >= 4 is 11.9 Å². The van der Waals surface area contributed by atoms with Crippen molar-refractivity contribution in [3.05, 3.63) is 34.4 Å². The quantitative estimate of drug-likeness (QED) is 0.842. The van der Waals surface area contributed by atoms with E-state index >= 15 is 0 Å². The topological polar surface area (TPSA) is 74.6 Å². The van der Waals surface area contributed by atoms with Gasteiger partial charge in [-0.2, -0.15) is 13.2 Å². The number of aryl methyl sites for hydroxylation is 1. The molecule has 0 bridgehead atoms. The van der Waals surface area contributed by atoms with Gasteiger partial charge in [-0.3, -0.25) is 0 Å². The molecule has 0 aliphatic heterocycles. The van der Waals surface area contributed by atoms with Gasteiger partial charge in [-0.05, 0) is 18.6 Å². The molecule has 1 aromatic carbocycles. The minimum atomic E-state index is -5.03. The number of hydrogen-bond acceptors (Lipinski definition) is 2. The Balaban J connectivity index is 3.75. The fraction of sp³-hybridized carbons (Fsp3) is 0.200. The summed E-state index contributed by atoms with van der Waals surface area (Å²) >= 11 is 0. The van der Waals surface area contributed by atoms with Crippen LogP contribution in [0.2, 0.25) is 0 Å². The molecule has 0 heterocycles. The van der Waals surface area contributed by atoms with E-state index in [-0.39, 0.29) is 5.56 Å². The first-order valence-electron chi connectivity index (χ1n) is 4.33. The van der Waals surface area contributed by atoms with Gasteiger partial charge in [-0.15, -0.1) is 0 Å². The summed E-state index contributed by atoms with van der Waals surface area (Å²) in [6.07, 6.45) is -5.03. The van der Waals surface area contributed by atoms with Crippen molar-refractivity contribution in [2.24, 2.45) is 0 Å². The van der Waals surface area contributed by atoms with Crippen LogP contribution < -0.4 is 0 Å². The van der Waals surface area contributed by atoms with Gasteiger partial charge >= 0.3 is 18.1 Å². The van der Waals surface area contributed by atoms with Crippen LogP contribution in [-0.2, 0) is 6.18 Å². The number of carbonyl (C=O) groups is 2. The third-order valence-corrected chi connectivity index (χ3v) is 2.14. The van der Waals surface area contributed by atoms with Gasteiger partial charge in [-0.25, -0.2) is 9.59 Å². The lowest BCUT2D eigenvalue weighted by atomic mass is 9.96. The minimum Gasteiger partial charge on any atom is -0.478 e. The lowest BCUT2D eigenvalue weighted by Crippen LogP contribution is -2.19. The standard InChI is InChI=1S/C10H7F3O4/c1-4-2-3-5(8(14)15)7(10(11,12)13)6(4)9(16)17/h2-3H,1H3,(H,14,15)(H,16,17). The van der Waals surface area contributed by atoms with Crippen LogP contribution in [0.5, 0.6) is 0 Å². The summed E-state index contributed by atoms with van der Waals surface area (Å²) in [5.74, 6) is -3.63. The average Bonchev–Trinajstić information content (AvgIpc) is 2.14. The maximum absolute atomic E-state index is 12.7. The van der Waals surface area contributed by atoms with Crippen LogP contribution in [0.15, 0.2) is 12.1 Å². The second kappa shape index (κ2) is 4.08. The molecule has 0 saturated carbocycles. The van der Waals surface area contributed by atoms with E-state index in [2.05, 4.69) is 0 Å². The van der Waals surface area contributed by atoms with Crippen molar-refractivity contribution < 1.29 is 33.0 Å². The molecule has 17 heavy (non-hydrogen) atoms. The second-order valence-corrected chi connectivity index (χ2v) is 3.29. The SMILES string of the molecule is Cc1ccc(C(=O)O)c(C(F)(F)F)c1C(=O)O. The molecule has 0 fully saturated rings. The molecule has 0 aromatic heterocycles. The molecule has 1 aromatic rings. The van der Waals surface area contributed by atoms with Crippen LogP contribution in [0, 0.1) is 6.92 Å². The summed E-state index contributed by atoms with van der Waals surface area (Å²) in [5.41, 5.74) is -3.87. The Morgan fingerprint density at radius 2 is 1.65 bits per heavy atom. The van der Waals surface area contributed by atoms with Crippen LogP contribution in [0.1, 0.15) is 31.8 Å². The largest absolute Gasteiger partial charge is 0.478 e. The van der Waals surface area contributed by atoms with Gasteiger partial charge < -0.3 is 10.2 Å².